The molecule has 0 aromatic rings. The van der Waals surface area contributed by atoms with Gasteiger partial charge in [0.15, 0.2) is 0 Å². The van der Waals surface area contributed by atoms with Crippen LogP contribution in [0.5, 0.6) is 0 Å². The first-order chi connectivity index (χ1) is 5.07. The molecule has 0 aliphatic carbocycles. The van der Waals surface area contributed by atoms with Crippen LogP contribution in [-0.4, -0.2) is 22.2 Å². The van der Waals surface area contributed by atoms with Crippen molar-refractivity contribution in [2.45, 2.75) is 19.8 Å². The van der Waals surface area contributed by atoms with Crippen LogP contribution in [-0.2, 0) is 9.59 Å². The molecule has 0 spiro atoms. The summed E-state index contributed by atoms with van der Waals surface area (Å²) in [5.41, 5.74) is 0. The summed E-state index contributed by atoms with van der Waals surface area (Å²) in [7, 11) is 0. The highest BCUT2D eigenvalue weighted by Crippen LogP contribution is 2.06. The van der Waals surface area contributed by atoms with Gasteiger partial charge >= 0.3 is 5.97 Å². The minimum Gasteiger partial charge on any atom is -0.481 e. The van der Waals surface area contributed by atoms with Crippen LogP contribution in [0.4, 0.5) is 0 Å². The Morgan fingerprint density at radius 1 is 1.55 bits per heavy atom. The predicted octanol–water partition coefficient (Wildman–Crippen LogP) is 1.45. The van der Waals surface area contributed by atoms with Crippen LogP contribution < -0.4 is 0 Å². The lowest BCUT2D eigenvalue weighted by Crippen LogP contribution is -2.11. The molecule has 64 valence electrons. The second-order valence-corrected chi connectivity index (χ2v) is 3.01. The summed E-state index contributed by atoms with van der Waals surface area (Å²) in [5.74, 6) is -1.21. The van der Waals surface area contributed by atoms with Crippen LogP contribution in [0.1, 0.15) is 19.8 Å². The van der Waals surface area contributed by atoms with E-state index >= 15 is 0 Å². The fourth-order valence-electron chi connectivity index (χ4n) is 0.568. The summed E-state index contributed by atoms with van der Waals surface area (Å²) >= 11 is 3.00. The van der Waals surface area contributed by atoms with Crippen molar-refractivity contribution in [3.8, 4) is 0 Å². The van der Waals surface area contributed by atoms with Gasteiger partial charge in [-0.2, -0.15) is 0 Å². The lowest BCUT2D eigenvalue weighted by molar-refractivity contribution is -0.141. The zero-order chi connectivity index (χ0) is 8.85. The number of ketones is 1. The molecule has 0 aliphatic heterocycles. The Bertz CT molecular complexity index is 156. The van der Waals surface area contributed by atoms with Gasteiger partial charge in [-0.25, -0.2) is 0 Å². The molecule has 11 heavy (non-hydrogen) atoms. The first kappa shape index (κ1) is 10.6. The van der Waals surface area contributed by atoms with E-state index in [1.54, 1.807) is 6.92 Å². The van der Waals surface area contributed by atoms with E-state index in [1.165, 1.54) is 0 Å². The highest BCUT2D eigenvalue weighted by atomic mass is 79.9. The number of carboxylic acids is 1. The maximum Gasteiger partial charge on any atom is 0.306 e. The number of halogens is 1. The van der Waals surface area contributed by atoms with E-state index in [0.717, 1.165) is 0 Å². The van der Waals surface area contributed by atoms with Crippen molar-refractivity contribution < 1.29 is 14.7 Å². The maximum absolute atomic E-state index is 10.7. The molecule has 1 unspecified atom stereocenters. The average molecular weight is 223 g/mol. The standard InChI is InChI=1S/C7H11BrO3/c1-5(7(10)11)2-3-6(9)4-8/h5H,2-4H2,1H3,(H,10,11). The fraction of sp³-hybridized carbons (Fsp3) is 0.714. The zero-order valence-corrected chi connectivity index (χ0v) is 7.93. The van der Waals surface area contributed by atoms with Crippen LogP contribution in [0.3, 0.4) is 0 Å². The number of Topliss-reactive ketones (excluding diaryl/α,β-unsaturated/α-hetero) is 1. The molecule has 0 aliphatic rings. The number of aliphatic carboxylic acids is 1. The quantitative estimate of drug-likeness (QED) is 0.717. The molecular formula is C7H11BrO3. The molecule has 0 bridgehead atoms. The Balaban J connectivity index is 3.54. The number of carboxylic acid groups (broad SMARTS) is 1. The van der Waals surface area contributed by atoms with Crippen molar-refractivity contribution in [2.75, 3.05) is 5.33 Å². The van der Waals surface area contributed by atoms with Crippen LogP contribution in [0.25, 0.3) is 0 Å². The van der Waals surface area contributed by atoms with E-state index in [-0.39, 0.29) is 5.78 Å². The van der Waals surface area contributed by atoms with E-state index < -0.39 is 11.9 Å². The monoisotopic (exact) mass is 222 g/mol. The summed E-state index contributed by atoms with van der Waals surface area (Å²) in [6.07, 6.45) is 0.776. The smallest absolute Gasteiger partial charge is 0.306 e. The van der Waals surface area contributed by atoms with E-state index in [1.807, 2.05) is 0 Å². The van der Waals surface area contributed by atoms with Gasteiger partial charge in [0.25, 0.3) is 0 Å². The van der Waals surface area contributed by atoms with Crippen molar-refractivity contribution in [3.05, 3.63) is 0 Å². The van der Waals surface area contributed by atoms with Gasteiger partial charge < -0.3 is 5.11 Å². The zero-order valence-electron chi connectivity index (χ0n) is 6.34. The molecular weight excluding hydrogens is 212 g/mol. The highest BCUT2D eigenvalue weighted by molar-refractivity contribution is 9.09. The summed E-state index contributed by atoms with van der Waals surface area (Å²) < 4.78 is 0. The minimum absolute atomic E-state index is 0.0538. The van der Waals surface area contributed by atoms with Gasteiger partial charge in [-0.3, -0.25) is 9.59 Å². The largest absolute Gasteiger partial charge is 0.481 e. The molecule has 0 aromatic carbocycles. The van der Waals surface area contributed by atoms with Crippen LogP contribution in [0.15, 0.2) is 0 Å². The average Bonchev–Trinajstić information content (AvgIpc) is 1.99. The molecule has 0 amide bonds. The third-order valence-electron chi connectivity index (χ3n) is 1.43. The normalized spacial score (nSPS) is 12.5. The van der Waals surface area contributed by atoms with E-state index in [2.05, 4.69) is 15.9 Å². The first-order valence-electron chi connectivity index (χ1n) is 3.38. The Kier molecular flexibility index (Phi) is 5.11. The predicted molar refractivity (Wildman–Crippen MR) is 44.8 cm³/mol. The lowest BCUT2D eigenvalue weighted by Gasteiger charge is -2.02. The van der Waals surface area contributed by atoms with Crippen molar-refractivity contribution in [2.24, 2.45) is 5.92 Å². The number of carbonyl (C=O) groups is 2. The van der Waals surface area contributed by atoms with E-state index in [4.69, 9.17) is 5.11 Å². The molecule has 1 atom stereocenters. The molecule has 0 saturated heterocycles. The van der Waals surface area contributed by atoms with Gasteiger partial charge in [-0.1, -0.05) is 22.9 Å². The Hall–Kier alpha value is -0.380. The Morgan fingerprint density at radius 2 is 2.09 bits per heavy atom. The van der Waals surface area contributed by atoms with Crippen molar-refractivity contribution >= 4 is 27.7 Å². The molecule has 0 saturated carbocycles. The maximum atomic E-state index is 10.7. The number of alkyl halides is 1. The molecule has 0 aromatic heterocycles. The summed E-state index contributed by atoms with van der Waals surface area (Å²) in [4.78, 5) is 21.0. The molecule has 0 rings (SSSR count). The summed E-state index contributed by atoms with van der Waals surface area (Å²) in [6.45, 7) is 1.60. The van der Waals surface area contributed by atoms with E-state index in [0.29, 0.717) is 18.2 Å². The van der Waals surface area contributed by atoms with Crippen molar-refractivity contribution in [1.82, 2.24) is 0 Å². The summed E-state index contributed by atoms with van der Waals surface area (Å²) in [6, 6.07) is 0. The molecule has 3 nitrogen and oxygen atoms in total. The second-order valence-electron chi connectivity index (χ2n) is 2.45. The number of hydrogen-bond acceptors (Lipinski definition) is 2. The SMILES string of the molecule is CC(CCC(=O)CBr)C(=O)O. The third-order valence-corrected chi connectivity index (χ3v) is 2.05. The van der Waals surface area contributed by atoms with Crippen molar-refractivity contribution in [3.63, 3.8) is 0 Å². The van der Waals surface area contributed by atoms with Gasteiger partial charge in [-0.05, 0) is 6.42 Å². The topological polar surface area (TPSA) is 54.4 Å². The first-order valence-corrected chi connectivity index (χ1v) is 4.50. The van der Waals surface area contributed by atoms with Crippen LogP contribution in [0, 0.1) is 5.92 Å². The molecule has 0 heterocycles. The van der Waals surface area contributed by atoms with Gasteiger partial charge in [-0.15, -0.1) is 0 Å². The van der Waals surface area contributed by atoms with Crippen LogP contribution in [0.2, 0.25) is 0 Å². The summed E-state index contributed by atoms with van der Waals surface area (Å²) in [5, 5.41) is 8.76. The van der Waals surface area contributed by atoms with Gasteiger partial charge in [0.05, 0.1) is 11.2 Å². The molecule has 4 heteroatoms. The lowest BCUT2D eigenvalue weighted by atomic mass is 10.0. The van der Waals surface area contributed by atoms with Gasteiger partial charge in [0.1, 0.15) is 5.78 Å². The number of hydrogen-bond donors (Lipinski definition) is 1. The van der Waals surface area contributed by atoms with E-state index in [9.17, 15) is 9.59 Å². The van der Waals surface area contributed by atoms with Crippen LogP contribution >= 0.6 is 15.9 Å². The number of rotatable bonds is 5. The van der Waals surface area contributed by atoms with Crippen molar-refractivity contribution in [1.29, 1.82) is 0 Å². The highest BCUT2D eigenvalue weighted by Gasteiger charge is 2.11. The van der Waals surface area contributed by atoms with Gasteiger partial charge in [0.2, 0.25) is 0 Å². The second kappa shape index (κ2) is 5.29. The molecule has 0 radical (unpaired) electrons. The van der Waals surface area contributed by atoms with Gasteiger partial charge in [0, 0.05) is 6.42 Å². The Labute approximate surface area is 73.9 Å². The number of carbonyl (C=O) groups excluding carboxylic acids is 1. The third kappa shape index (κ3) is 4.95. The molecule has 1 N–H and O–H groups in total. The molecule has 0 fully saturated rings. The Morgan fingerprint density at radius 3 is 2.45 bits per heavy atom. The minimum atomic E-state index is -0.840. The fourth-order valence-corrected chi connectivity index (χ4v) is 0.848.